The van der Waals surface area contributed by atoms with Crippen LogP contribution in [0.4, 0.5) is 5.69 Å². The van der Waals surface area contributed by atoms with Gasteiger partial charge in [-0.2, -0.15) is 0 Å². The van der Waals surface area contributed by atoms with E-state index in [1.165, 1.54) is 0 Å². The zero-order valence-corrected chi connectivity index (χ0v) is 12.5. The normalized spacial score (nSPS) is 12.0. The molecule has 0 aliphatic carbocycles. The minimum absolute atomic E-state index is 0.250. The van der Waals surface area contributed by atoms with Crippen LogP contribution in [0.15, 0.2) is 28.9 Å². The zero-order chi connectivity index (χ0) is 15.2. The number of anilines is 1. The predicted molar refractivity (Wildman–Crippen MR) is 80.1 cm³/mol. The van der Waals surface area contributed by atoms with Crippen LogP contribution in [0.3, 0.4) is 0 Å². The molecule has 21 heavy (non-hydrogen) atoms. The smallest absolute Gasteiger partial charge is 0.270 e. The maximum Gasteiger partial charge on any atom is 0.270 e. The molecule has 0 fully saturated rings. The van der Waals surface area contributed by atoms with Crippen LogP contribution in [-0.4, -0.2) is 22.4 Å². The first-order valence-electron chi connectivity index (χ1n) is 7.03. The first kappa shape index (κ1) is 15.0. The summed E-state index contributed by atoms with van der Waals surface area (Å²) in [4.78, 5) is 20.4. The Balaban J connectivity index is 1.96. The number of nitrogens with one attached hydrogen (secondary N) is 2. The number of oxazole rings is 1. The predicted octanol–water partition coefficient (Wildman–Crippen LogP) is 2.69. The van der Waals surface area contributed by atoms with Crippen LogP contribution in [0, 0.1) is 6.92 Å². The third-order valence-electron chi connectivity index (χ3n) is 2.93. The van der Waals surface area contributed by atoms with Crippen molar-refractivity contribution >= 4 is 11.6 Å². The molecule has 6 heteroatoms. The van der Waals surface area contributed by atoms with E-state index in [0.29, 0.717) is 11.6 Å². The van der Waals surface area contributed by atoms with Crippen molar-refractivity contribution in [2.75, 3.05) is 11.9 Å². The second-order valence-corrected chi connectivity index (χ2v) is 4.86. The summed E-state index contributed by atoms with van der Waals surface area (Å²) in [7, 11) is 0. The molecule has 112 valence electrons. The summed E-state index contributed by atoms with van der Waals surface area (Å²) in [5.74, 6) is 0.957. The number of rotatable bonds is 6. The molecule has 1 amide bonds. The molecule has 1 unspecified atom stereocenters. The molecule has 2 aromatic heterocycles. The fourth-order valence-corrected chi connectivity index (χ4v) is 1.81. The van der Waals surface area contributed by atoms with Gasteiger partial charge < -0.3 is 15.1 Å². The minimum Gasteiger partial charge on any atom is -0.444 e. The Morgan fingerprint density at radius 2 is 2.14 bits per heavy atom. The minimum atomic E-state index is -0.300. The van der Waals surface area contributed by atoms with Crippen LogP contribution in [0.2, 0.25) is 0 Å². The third kappa shape index (κ3) is 4.05. The lowest BCUT2D eigenvalue weighted by atomic mass is 10.2. The average molecular weight is 288 g/mol. The summed E-state index contributed by atoms with van der Waals surface area (Å²) in [6.45, 7) is 6.61. The number of aromatic nitrogens is 2. The molecule has 0 aromatic carbocycles. The van der Waals surface area contributed by atoms with E-state index in [9.17, 15) is 4.79 Å². The Bertz CT molecular complexity index is 592. The van der Waals surface area contributed by atoms with Gasteiger partial charge in [0.25, 0.3) is 5.91 Å². The molecule has 1 atom stereocenters. The van der Waals surface area contributed by atoms with E-state index in [1.807, 2.05) is 19.9 Å². The monoisotopic (exact) mass is 288 g/mol. The van der Waals surface area contributed by atoms with E-state index in [0.717, 1.165) is 24.4 Å². The van der Waals surface area contributed by atoms with Crippen molar-refractivity contribution in [2.24, 2.45) is 0 Å². The molecule has 0 spiro atoms. The molecular formula is C15H20N4O2. The first-order chi connectivity index (χ1) is 10.1. The summed E-state index contributed by atoms with van der Waals surface area (Å²) >= 11 is 0. The Kier molecular flexibility index (Phi) is 4.92. The topological polar surface area (TPSA) is 80.0 Å². The highest BCUT2D eigenvalue weighted by Crippen LogP contribution is 2.13. The maximum atomic E-state index is 12.1. The molecule has 0 aliphatic heterocycles. The van der Waals surface area contributed by atoms with Crippen LogP contribution < -0.4 is 10.6 Å². The third-order valence-corrected chi connectivity index (χ3v) is 2.93. The number of carbonyl (C=O) groups is 1. The lowest BCUT2D eigenvalue weighted by molar-refractivity contribution is 0.0929. The number of amides is 1. The van der Waals surface area contributed by atoms with Gasteiger partial charge >= 0.3 is 0 Å². The van der Waals surface area contributed by atoms with Crippen LogP contribution in [0.25, 0.3) is 0 Å². The van der Waals surface area contributed by atoms with Gasteiger partial charge in [-0.3, -0.25) is 4.79 Å². The molecule has 0 aliphatic rings. The van der Waals surface area contributed by atoms with E-state index >= 15 is 0 Å². The summed E-state index contributed by atoms with van der Waals surface area (Å²) in [5.41, 5.74) is 1.27. The van der Waals surface area contributed by atoms with Crippen molar-refractivity contribution in [3.05, 3.63) is 41.9 Å². The first-order valence-corrected chi connectivity index (χ1v) is 7.03. The largest absolute Gasteiger partial charge is 0.444 e. The Morgan fingerprint density at radius 1 is 1.33 bits per heavy atom. The van der Waals surface area contributed by atoms with Gasteiger partial charge in [-0.25, -0.2) is 9.97 Å². The highest BCUT2D eigenvalue weighted by Gasteiger charge is 2.16. The van der Waals surface area contributed by atoms with Crippen molar-refractivity contribution in [1.29, 1.82) is 0 Å². The van der Waals surface area contributed by atoms with E-state index in [-0.39, 0.29) is 11.9 Å². The number of aryl methyl sites for hydroxylation is 1. The second-order valence-electron chi connectivity index (χ2n) is 4.86. The quantitative estimate of drug-likeness (QED) is 0.854. The summed E-state index contributed by atoms with van der Waals surface area (Å²) in [6.07, 6.45) is 4.32. The molecule has 0 radical (unpaired) electrons. The van der Waals surface area contributed by atoms with Crippen molar-refractivity contribution in [1.82, 2.24) is 15.3 Å². The zero-order valence-electron chi connectivity index (χ0n) is 12.5. The molecule has 0 bridgehead atoms. The van der Waals surface area contributed by atoms with Gasteiger partial charge in [-0.15, -0.1) is 0 Å². The molecule has 2 aromatic rings. The fraction of sp³-hybridized carbons (Fsp3) is 0.400. The van der Waals surface area contributed by atoms with Gasteiger partial charge in [0.2, 0.25) is 5.89 Å². The molecule has 0 saturated carbocycles. The van der Waals surface area contributed by atoms with Crippen LogP contribution in [-0.2, 0) is 0 Å². The molecule has 6 nitrogen and oxygen atoms in total. The number of carbonyl (C=O) groups excluding carboxylic acids is 1. The van der Waals surface area contributed by atoms with Gasteiger partial charge in [0, 0.05) is 6.54 Å². The number of hydrogen-bond donors (Lipinski definition) is 2. The van der Waals surface area contributed by atoms with Crippen molar-refractivity contribution in [2.45, 2.75) is 33.2 Å². The van der Waals surface area contributed by atoms with Gasteiger partial charge in [0.05, 0.1) is 18.1 Å². The summed E-state index contributed by atoms with van der Waals surface area (Å²) in [5, 5.41) is 6.02. The Labute approximate surface area is 124 Å². The van der Waals surface area contributed by atoms with Gasteiger partial charge in [0.1, 0.15) is 17.5 Å². The van der Waals surface area contributed by atoms with E-state index in [4.69, 9.17) is 4.42 Å². The van der Waals surface area contributed by atoms with Crippen LogP contribution in [0.1, 0.15) is 48.4 Å². The van der Waals surface area contributed by atoms with E-state index in [2.05, 4.69) is 27.5 Å². The summed E-state index contributed by atoms with van der Waals surface area (Å²) < 4.78 is 5.39. The fourth-order valence-electron chi connectivity index (χ4n) is 1.81. The maximum absolute atomic E-state index is 12.1. The SMILES string of the molecule is CCCNc1ccc(C(=O)NC(C)c2ncc(C)o2)nc1. The molecule has 2 heterocycles. The molecule has 2 N–H and O–H groups in total. The number of pyridine rings is 1. The van der Waals surface area contributed by atoms with Crippen molar-refractivity contribution in [3.8, 4) is 0 Å². The average Bonchev–Trinajstić information content (AvgIpc) is 2.92. The standard InChI is InChI=1S/C15H20N4O2/c1-4-7-16-12-5-6-13(17-9-12)14(20)19-11(3)15-18-8-10(2)21-15/h5-6,8-9,11,16H,4,7H2,1-3H3,(H,19,20). The van der Waals surface area contributed by atoms with Gasteiger partial charge in [-0.1, -0.05) is 6.92 Å². The number of hydrogen-bond acceptors (Lipinski definition) is 5. The van der Waals surface area contributed by atoms with Crippen LogP contribution >= 0.6 is 0 Å². The molecule has 2 rings (SSSR count). The van der Waals surface area contributed by atoms with Crippen molar-refractivity contribution < 1.29 is 9.21 Å². The highest BCUT2D eigenvalue weighted by molar-refractivity contribution is 5.92. The van der Waals surface area contributed by atoms with Gasteiger partial charge in [0.15, 0.2) is 0 Å². The number of nitrogens with zero attached hydrogens (tertiary/aromatic N) is 2. The lowest BCUT2D eigenvalue weighted by Gasteiger charge is -2.10. The Morgan fingerprint density at radius 3 is 2.71 bits per heavy atom. The van der Waals surface area contributed by atoms with Gasteiger partial charge in [-0.05, 0) is 32.4 Å². The van der Waals surface area contributed by atoms with Crippen molar-refractivity contribution in [3.63, 3.8) is 0 Å². The lowest BCUT2D eigenvalue weighted by Crippen LogP contribution is -2.27. The van der Waals surface area contributed by atoms with E-state index < -0.39 is 0 Å². The van der Waals surface area contributed by atoms with E-state index in [1.54, 1.807) is 18.5 Å². The highest BCUT2D eigenvalue weighted by atomic mass is 16.4. The molecule has 0 saturated heterocycles. The summed E-state index contributed by atoms with van der Waals surface area (Å²) in [6, 6.07) is 3.24. The molecular weight excluding hydrogens is 268 g/mol. The van der Waals surface area contributed by atoms with Crippen LogP contribution in [0.5, 0.6) is 0 Å². The Hall–Kier alpha value is -2.37. The second kappa shape index (κ2) is 6.88.